The summed E-state index contributed by atoms with van der Waals surface area (Å²) in [5, 5.41) is 15.1. The monoisotopic (exact) mass is 892 g/mol. The van der Waals surface area contributed by atoms with Crippen molar-refractivity contribution in [3.63, 3.8) is 0 Å². The van der Waals surface area contributed by atoms with Gasteiger partial charge < -0.3 is 5.11 Å². The number of hydrogen-bond acceptors (Lipinski definition) is 4. The van der Waals surface area contributed by atoms with Crippen molar-refractivity contribution in [2.75, 3.05) is 0 Å². The van der Waals surface area contributed by atoms with Crippen molar-refractivity contribution in [1.29, 1.82) is 0 Å². The van der Waals surface area contributed by atoms with Gasteiger partial charge >= 0.3 is 192 Å². The minimum absolute atomic E-state index is 0. The van der Waals surface area contributed by atoms with E-state index in [1.807, 2.05) is 27.7 Å². The summed E-state index contributed by atoms with van der Waals surface area (Å²) >= 11 is 0.214. The molecule has 1 radical (unpaired) electrons. The average molecular weight is 891 g/mol. The van der Waals surface area contributed by atoms with Gasteiger partial charge in [0.25, 0.3) is 0 Å². The number of rotatable bonds is 11. The van der Waals surface area contributed by atoms with Crippen molar-refractivity contribution in [3.8, 4) is 11.3 Å². The van der Waals surface area contributed by atoms with Crippen LogP contribution in [0.25, 0.3) is 41.5 Å². The van der Waals surface area contributed by atoms with Crippen molar-refractivity contribution in [1.82, 2.24) is 9.97 Å². The van der Waals surface area contributed by atoms with Crippen molar-refractivity contribution in [2.24, 2.45) is 17.8 Å². The van der Waals surface area contributed by atoms with Gasteiger partial charge in [-0.1, -0.05) is 27.7 Å². The summed E-state index contributed by atoms with van der Waals surface area (Å²) in [4.78, 5) is 21.3. The molecule has 2 heterocycles. The van der Waals surface area contributed by atoms with E-state index in [2.05, 4.69) is 88.1 Å². The number of ketones is 1. The fourth-order valence-corrected chi connectivity index (χ4v) is 10.5. The number of allylic oxidation sites excluding steroid dienone is 2. The molecule has 0 aliphatic carbocycles. The Bertz CT molecular complexity index is 1830. The van der Waals surface area contributed by atoms with E-state index in [0.29, 0.717) is 5.92 Å². The molecule has 0 unspecified atom stereocenters. The van der Waals surface area contributed by atoms with E-state index in [4.69, 9.17) is 9.97 Å². The van der Waals surface area contributed by atoms with Crippen LogP contribution in [-0.2, 0) is 31.3 Å². The zero-order valence-electron chi connectivity index (χ0n) is 29.5. The number of aliphatic hydroxyl groups excluding tert-OH is 1. The number of carbonyl (C=O) groups excluding carboxylic acids is 1. The van der Waals surface area contributed by atoms with Gasteiger partial charge in [0, 0.05) is 38.0 Å². The van der Waals surface area contributed by atoms with Crippen LogP contribution >= 0.6 is 0 Å². The third-order valence-electron chi connectivity index (χ3n) is 8.91. The van der Waals surface area contributed by atoms with E-state index in [9.17, 15) is 9.90 Å². The van der Waals surface area contributed by atoms with Crippen molar-refractivity contribution in [2.45, 2.75) is 93.3 Å². The molecule has 4 nitrogen and oxygen atoms in total. The summed E-state index contributed by atoms with van der Waals surface area (Å²) in [7, 11) is -1.54. The quantitative estimate of drug-likeness (QED) is 0.0621. The fraction of sp³-hybridized carbons (Fsp3) is 0.425. The van der Waals surface area contributed by atoms with E-state index in [0.717, 1.165) is 48.9 Å². The maximum Gasteiger partial charge on any atom is 0.162 e. The van der Waals surface area contributed by atoms with E-state index >= 15 is 0 Å². The Morgan fingerprint density at radius 2 is 1.53 bits per heavy atom. The van der Waals surface area contributed by atoms with Crippen molar-refractivity contribution >= 4 is 63.7 Å². The average Bonchev–Trinajstić information content (AvgIpc) is 3.41. The number of aromatic nitrogens is 2. The molecule has 0 spiro atoms. The van der Waals surface area contributed by atoms with Crippen molar-refractivity contribution < 1.29 is 30.0 Å². The second-order valence-electron chi connectivity index (χ2n) is 13.8. The Balaban J connectivity index is 0.000000322. The first-order valence-corrected chi connectivity index (χ1v) is 22.2. The largest absolute Gasteiger partial charge is 0.512 e. The number of benzene rings is 3. The molecule has 0 aliphatic heterocycles. The van der Waals surface area contributed by atoms with Crippen LogP contribution in [0, 0.1) is 23.8 Å². The first-order chi connectivity index (χ1) is 21.9. The Morgan fingerprint density at radius 1 is 0.894 bits per heavy atom. The molecule has 47 heavy (non-hydrogen) atoms. The molecule has 7 heteroatoms. The summed E-state index contributed by atoms with van der Waals surface area (Å²) in [5.41, 5.74) is 4.79. The van der Waals surface area contributed by atoms with Gasteiger partial charge in [0.15, 0.2) is 5.78 Å². The van der Waals surface area contributed by atoms with Crippen LogP contribution in [0.3, 0.4) is 0 Å². The van der Waals surface area contributed by atoms with Crippen LogP contribution in [0.15, 0.2) is 66.7 Å². The Morgan fingerprint density at radius 3 is 2.15 bits per heavy atom. The predicted octanol–water partition coefficient (Wildman–Crippen LogP) is 10.1. The second kappa shape index (κ2) is 17.3. The standard InChI is InChI=1S/C27H27N2SeSi.C13H24O2.Ir/c1-17(2)13-19-10-8-12-22-25-27(30-26(19)22)24(28-16-29-25)20-14-18-9-6-7-11-21(18)23(15-20)31(3,4)5;1-5-10(6-2)12(14)9-13(15)11(7-3)8-4;/h6-12,15-17H,13H2,1-5H3;9-11,14H,5-8H2,1-4H3;/q-1;;/b;12-9-;. The minimum atomic E-state index is -1.54. The molecule has 3 aromatic carbocycles. The number of carbonyl (C=O) groups is 1. The molecule has 0 fully saturated rings. The van der Waals surface area contributed by atoms with Crippen LogP contribution in [0.2, 0.25) is 19.6 Å². The molecule has 2 aromatic heterocycles. The zero-order valence-corrected chi connectivity index (χ0v) is 34.6. The maximum absolute atomic E-state index is 11.7. The van der Waals surface area contributed by atoms with Gasteiger partial charge in [-0.25, -0.2) is 0 Å². The Kier molecular flexibility index (Phi) is 14.4. The molecular formula is C40H51IrN2O2SeSi-. The molecule has 5 aromatic rings. The van der Waals surface area contributed by atoms with E-state index in [1.54, 1.807) is 6.33 Å². The van der Waals surface area contributed by atoms with Gasteiger partial charge in [0.2, 0.25) is 0 Å². The molecule has 1 N–H and O–H groups in total. The molecule has 0 amide bonds. The molecule has 0 saturated carbocycles. The van der Waals surface area contributed by atoms with Gasteiger partial charge in [-0.2, -0.15) is 0 Å². The van der Waals surface area contributed by atoms with Gasteiger partial charge in [0.05, 0.1) is 5.76 Å². The first-order valence-electron chi connectivity index (χ1n) is 17.0. The molecular weight excluding hydrogens is 840 g/mol. The van der Waals surface area contributed by atoms with Crippen LogP contribution in [0.5, 0.6) is 0 Å². The summed E-state index contributed by atoms with van der Waals surface area (Å²) in [5.74, 6) is 1.19. The van der Waals surface area contributed by atoms with Crippen LogP contribution in [0.4, 0.5) is 0 Å². The maximum atomic E-state index is 11.7. The third kappa shape index (κ3) is 9.19. The smallest absolute Gasteiger partial charge is 0.162 e. The predicted molar refractivity (Wildman–Crippen MR) is 201 cm³/mol. The third-order valence-corrected chi connectivity index (χ3v) is 13.6. The minimum Gasteiger partial charge on any atom is -0.512 e. The summed E-state index contributed by atoms with van der Waals surface area (Å²) in [6.45, 7) is 19.9. The van der Waals surface area contributed by atoms with Crippen molar-refractivity contribution in [3.05, 3.63) is 78.3 Å². The SMILES string of the molecule is CC(C)Cc1cccc2c1[se]c1c(-c3[c-]c4ccccc4c([Si](C)(C)C)c3)ncnc12.CCC(CC)C(=O)/C=C(\O)C(CC)CC.[Ir]. The number of hydrogen-bond donors (Lipinski definition) is 1. The Hall–Kier alpha value is -2.40. The second-order valence-corrected chi connectivity index (χ2v) is 21.0. The van der Waals surface area contributed by atoms with E-state index < -0.39 is 8.07 Å². The fourth-order valence-electron chi connectivity index (χ4n) is 6.21. The van der Waals surface area contributed by atoms with E-state index in [-0.39, 0.29) is 58.0 Å². The number of aliphatic hydroxyl groups is 1. The summed E-state index contributed by atoms with van der Waals surface area (Å²) in [6.07, 6.45) is 7.76. The molecule has 0 atom stereocenters. The zero-order chi connectivity index (χ0) is 33.6. The normalized spacial score (nSPS) is 12.2. The molecule has 0 bridgehead atoms. The molecule has 0 saturated heterocycles. The summed E-state index contributed by atoms with van der Waals surface area (Å²) in [6, 6.07) is 21.5. The van der Waals surface area contributed by atoms with Crippen LogP contribution in [0.1, 0.15) is 72.8 Å². The Labute approximate surface area is 302 Å². The molecule has 253 valence electrons. The molecule has 0 aliphatic rings. The van der Waals surface area contributed by atoms with Gasteiger partial charge in [0.1, 0.15) is 0 Å². The van der Waals surface area contributed by atoms with Gasteiger partial charge in [-0.3, -0.25) is 4.79 Å². The van der Waals surface area contributed by atoms with Crippen LogP contribution < -0.4 is 5.19 Å². The number of fused-ring (bicyclic) bond motifs is 4. The van der Waals surface area contributed by atoms with Gasteiger partial charge in [-0.15, -0.1) is 0 Å². The van der Waals surface area contributed by atoms with E-state index in [1.165, 1.54) is 41.5 Å². The van der Waals surface area contributed by atoms with Gasteiger partial charge in [-0.05, 0) is 25.7 Å². The number of nitrogens with zero attached hydrogens (tertiary/aromatic N) is 2. The van der Waals surface area contributed by atoms with Crippen LogP contribution in [-0.4, -0.2) is 43.4 Å². The summed E-state index contributed by atoms with van der Waals surface area (Å²) < 4.78 is 2.81. The molecule has 5 rings (SSSR count). The topological polar surface area (TPSA) is 63.1 Å². The first kappa shape index (κ1) is 39.0.